The average molecular weight is 311 g/mol. The van der Waals surface area contributed by atoms with Gasteiger partial charge in [-0.15, -0.1) is 0 Å². The molecule has 1 aromatic heterocycles. The Kier molecular flexibility index (Phi) is 3.85. The van der Waals surface area contributed by atoms with Crippen LogP contribution in [0.25, 0.3) is 0 Å². The van der Waals surface area contributed by atoms with Crippen molar-refractivity contribution in [3.05, 3.63) is 47.6 Å². The van der Waals surface area contributed by atoms with Crippen molar-refractivity contribution in [2.75, 3.05) is 0 Å². The number of rotatable bonds is 5. The van der Waals surface area contributed by atoms with Crippen LogP contribution in [0.15, 0.2) is 34.9 Å². The second-order valence-corrected chi connectivity index (χ2v) is 6.77. The molecule has 1 amide bonds. The number of nitrogens with one attached hydrogen (secondary N) is 1. The summed E-state index contributed by atoms with van der Waals surface area (Å²) >= 11 is 0. The molecule has 23 heavy (non-hydrogen) atoms. The largest absolute Gasteiger partial charge is 0.352 e. The van der Waals surface area contributed by atoms with Crippen molar-refractivity contribution in [3.63, 3.8) is 0 Å². The highest BCUT2D eigenvalue weighted by Gasteiger charge is 2.42. The monoisotopic (exact) mass is 311 g/mol. The molecule has 0 aliphatic heterocycles. The summed E-state index contributed by atoms with van der Waals surface area (Å²) in [5.41, 5.74) is 1.08. The molecule has 3 atom stereocenters. The topological polar surface area (TPSA) is 68.0 Å². The van der Waals surface area contributed by atoms with Crippen molar-refractivity contribution in [2.24, 2.45) is 11.8 Å². The molecule has 120 valence electrons. The van der Waals surface area contributed by atoms with Crippen molar-refractivity contribution in [3.8, 4) is 0 Å². The van der Waals surface area contributed by atoms with Crippen molar-refractivity contribution in [1.82, 2.24) is 15.5 Å². The lowest BCUT2D eigenvalue weighted by molar-refractivity contribution is -0.120. The first kappa shape index (κ1) is 14.4. The third-order valence-corrected chi connectivity index (χ3v) is 5.19. The number of fused-ring (bicyclic) bond motifs is 2. The molecule has 1 heterocycles. The van der Waals surface area contributed by atoms with Gasteiger partial charge in [0.2, 0.25) is 11.8 Å². The lowest BCUT2D eigenvalue weighted by atomic mass is 9.89. The Morgan fingerprint density at radius 1 is 1.22 bits per heavy atom. The third-order valence-electron chi connectivity index (χ3n) is 5.19. The van der Waals surface area contributed by atoms with Crippen LogP contribution in [0.5, 0.6) is 0 Å². The highest BCUT2D eigenvalue weighted by atomic mass is 16.5. The van der Waals surface area contributed by atoms with Crippen molar-refractivity contribution in [2.45, 2.75) is 44.6 Å². The second-order valence-electron chi connectivity index (χ2n) is 6.77. The van der Waals surface area contributed by atoms with Gasteiger partial charge in [0.25, 0.3) is 0 Å². The first-order chi connectivity index (χ1) is 11.3. The van der Waals surface area contributed by atoms with E-state index in [-0.39, 0.29) is 12.3 Å². The number of benzene rings is 1. The maximum absolute atomic E-state index is 12.0. The van der Waals surface area contributed by atoms with Crippen LogP contribution in [0, 0.1) is 11.8 Å². The molecule has 1 aromatic carbocycles. The number of amides is 1. The Labute approximate surface area is 135 Å². The molecule has 4 rings (SSSR count). The number of hydrogen-bond acceptors (Lipinski definition) is 4. The summed E-state index contributed by atoms with van der Waals surface area (Å²) in [6.45, 7) is 0.525. The molecule has 2 saturated carbocycles. The van der Waals surface area contributed by atoms with Gasteiger partial charge in [0, 0.05) is 12.5 Å². The van der Waals surface area contributed by atoms with Gasteiger partial charge in [-0.25, -0.2) is 0 Å². The van der Waals surface area contributed by atoms with Gasteiger partial charge in [-0.3, -0.25) is 4.79 Å². The smallest absolute Gasteiger partial charge is 0.230 e. The van der Waals surface area contributed by atoms with Crippen molar-refractivity contribution in [1.29, 1.82) is 0 Å². The normalized spacial score (nSPS) is 25.7. The molecule has 2 aliphatic rings. The van der Waals surface area contributed by atoms with Gasteiger partial charge < -0.3 is 9.84 Å². The molecule has 2 aliphatic carbocycles. The molecule has 1 N–H and O–H groups in total. The average Bonchev–Trinajstić information content (AvgIpc) is 3.30. The highest BCUT2D eigenvalue weighted by Crippen LogP contribution is 2.52. The summed E-state index contributed by atoms with van der Waals surface area (Å²) in [5, 5.41) is 6.89. The summed E-state index contributed by atoms with van der Waals surface area (Å²) in [6, 6.07) is 9.86. The van der Waals surface area contributed by atoms with E-state index in [1.54, 1.807) is 0 Å². The Bertz CT molecular complexity index is 683. The molecule has 0 unspecified atom stereocenters. The van der Waals surface area contributed by atoms with Gasteiger partial charge >= 0.3 is 0 Å². The first-order valence-electron chi connectivity index (χ1n) is 8.41. The molecule has 0 saturated heterocycles. The standard InChI is InChI=1S/C18H21N3O2/c22-17(19-11-12-4-2-1-3-5-12)10-16-20-18(23-21-16)15-9-13-6-7-14(15)8-13/h1-5,13-15H,6-11H2,(H,19,22)/t13-,14-,15-/m1/s1. The second kappa shape index (κ2) is 6.14. The summed E-state index contributed by atoms with van der Waals surface area (Å²) in [6.07, 6.45) is 5.29. The van der Waals surface area contributed by atoms with Crippen LogP contribution < -0.4 is 5.32 Å². The van der Waals surface area contributed by atoms with Crippen molar-refractivity contribution >= 4 is 5.91 Å². The fourth-order valence-electron chi connectivity index (χ4n) is 4.04. The van der Waals surface area contributed by atoms with E-state index in [2.05, 4.69) is 15.5 Å². The van der Waals surface area contributed by atoms with E-state index in [4.69, 9.17) is 4.52 Å². The number of aromatic nitrogens is 2. The summed E-state index contributed by atoms with van der Waals surface area (Å²) < 4.78 is 5.42. The van der Waals surface area contributed by atoms with Crippen LogP contribution in [-0.4, -0.2) is 16.0 Å². The van der Waals surface area contributed by atoms with Crippen molar-refractivity contribution < 1.29 is 9.32 Å². The minimum atomic E-state index is -0.0749. The maximum Gasteiger partial charge on any atom is 0.230 e. The minimum Gasteiger partial charge on any atom is -0.352 e. The molecule has 0 spiro atoms. The molecule has 2 fully saturated rings. The quantitative estimate of drug-likeness (QED) is 0.922. The van der Waals surface area contributed by atoms with E-state index in [1.807, 2.05) is 30.3 Å². The molecule has 2 bridgehead atoms. The van der Waals surface area contributed by atoms with E-state index in [1.165, 1.54) is 25.7 Å². The van der Waals surface area contributed by atoms with Gasteiger partial charge in [-0.05, 0) is 36.7 Å². The van der Waals surface area contributed by atoms with Gasteiger partial charge in [0.1, 0.15) is 0 Å². The van der Waals surface area contributed by atoms with Gasteiger partial charge in [0.15, 0.2) is 5.82 Å². The fourth-order valence-corrected chi connectivity index (χ4v) is 4.04. The lowest BCUT2D eigenvalue weighted by Crippen LogP contribution is -2.25. The summed E-state index contributed by atoms with van der Waals surface area (Å²) in [4.78, 5) is 16.5. The highest BCUT2D eigenvalue weighted by molar-refractivity contribution is 5.77. The summed E-state index contributed by atoms with van der Waals surface area (Å²) in [5.74, 6) is 3.13. The predicted molar refractivity (Wildman–Crippen MR) is 84.5 cm³/mol. The number of carbonyl (C=O) groups excluding carboxylic acids is 1. The first-order valence-corrected chi connectivity index (χ1v) is 8.41. The van der Waals surface area contributed by atoms with Crippen LogP contribution in [0.3, 0.4) is 0 Å². The maximum atomic E-state index is 12.0. The SMILES string of the molecule is O=C(Cc1noc([C@@H]2C[C@@H]3CC[C@@H]2C3)n1)NCc1ccccc1. The lowest BCUT2D eigenvalue weighted by Gasteiger charge is -2.16. The molecule has 5 nitrogen and oxygen atoms in total. The van der Waals surface area contributed by atoms with E-state index >= 15 is 0 Å². The Morgan fingerprint density at radius 2 is 2.09 bits per heavy atom. The minimum absolute atomic E-state index is 0.0749. The Hall–Kier alpha value is -2.17. The van der Waals surface area contributed by atoms with E-state index in [0.717, 1.165) is 17.4 Å². The zero-order valence-corrected chi connectivity index (χ0v) is 13.1. The summed E-state index contributed by atoms with van der Waals surface area (Å²) in [7, 11) is 0. The zero-order valence-electron chi connectivity index (χ0n) is 13.1. The van der Waals surface area contributed by atoms with Crippen LogP contribution in [0.4, 0.5) is 0 Å². The molecule has 2 aromatic rings. The molecule has 5 heteroatoms. The van der Waals surface area contributed by atoms with E-state index in [9.17, 15) is 4.79 Å². The van der Waals surface area contributed by atoms with E-state index in [0.29, 0.717) is 24.2 Å². The predicted octanol–water partition coefficient (Wildman–Crippen LogP) is 2.83. The Balaban J connectivity index is 1.32. The Morgan fingerprint density at radius 3 is 2.83 bits per heavy atom. The van der Waals surface area contributed by atoms with Crippen LogP contribution in [-0.2, 0) is 17.8 Å². The zero-order chi connectivity index (χ0) is 15.6. The van der Waals surface area contributed by atoms with Gasteiger partial charge in [-0.1, -0.05) is 41.9 Å². The fraction of sp³-hybridized carbons (Fsp3) is 0.500. The van der Waals surface area contributed by atoms with Gasteiger partial charge in [0.05, 0.1) is 6.42 Å². The van der Waals surface area contributed by atoms with E-state index < -0.39 is 0 Å². The van der Waals surface area contributed by atoms with Gasteiger partial charge in [-0.2, -0.15) is 4.98 Å². The number of hydrogen-bond donors (Lipinski definition) is 1. The third kappa shape index (κ3) is 3.14. The van der Waals surface area contributed by atoms with Crippen LogP contribution in [0.1, 0.15) is 48.9 Å². The molecular formula is C18H21N3O2. The molecule has 0 radical (unpaired) electrons. The van der Waals surface area contributed by atoms with Crippen LogP contribution >= 0.6 is 0 Å². The number of carbonyl (C=O) groups is 1. The van der Waals surface area contributed by atoms with Crippen LogP contribution in [0.2, 0.25) is 0 Å². The molecular weight excluding hydrogens is 290 g/mol. The number of nitrogens with zero attached hydrogens (tertiary/aromatic N) is 2.